The van der Waals surface area contributed by atoms with Gasteiger partial charge in [0.15, 0.2) is 0 Å². The molecule has 24 heavy (non-hydrogen) atoms. The molecule has 0 unspecified atom stereocenters. The van der Waals surface area contributed by atoms with Gasteiger partial charge in [-0.3, -0.25) is 19.6 Å². The number of H-pyrrole nitrogens is 2. The number of aromatic amines is 2. The van der Waals surface area contributed by atoms with Crippen LogP contribution in [0.2, 0.25) is 0 Å². The van der Waals surface area contributed by atoms with E-state index in [1.165, 1.54) is 0 Å². The first-order chi connectivity index (χ1) is 11.5. The number of esters is 1. The number of fused-ring (bicyclic) bond motifs is 1. The minimum Gasteiger partial charge on any atom is -0.466 e. The minimum absolute atomic E-state index is 0.0932. The van der Waals surface area contributed by atoms with Gasteiger partial charge < -0.3 is 9.47 Å². The SMILES string of the molecule is CCOC(=O)[C@H]1Cc2c([nH]c(=O)[nH]c2=O)O[C@@]1(C)c1ccccc1. The number of carbonyl (C=O) groups excluding carboxylic acids is 1. The summed E-state index contributed by atoms with van der Waals surface area (Å²) < 4.78 is 11.1. The molecule has 0 saturated heterocycles. The number of aromatic nitrogens is 2. The summed E-state index contributed by atoms with van der Waals surface area (Å²) in [5, 5.41) is 0. The minimum atomic E-state index is -1.06. The number of nitrogens with one attached hydrogen (secondary N) is 2. The van der Waals surface area contributed by atoms with Crippen LogP contribution in [0.1, 0.15) is 25.0 Å². The zero-order valence-corrected chi connectivity index (χ0v) is 13.4. The molecule has 1 aliphatic rings. The van der Waals surface area contributed by atoms with Gasteiger partial charge in [-0.2, -0.15) is 0 Å². The van der Waals surface area contributed by atoms with Crippen LogP contribution in [-0.4, -0.2) is 22.5 Å². The van der Waals surface area contributed by atoms with Gasteiger partial charge in [-0.1, -0.05) is 30.3 Å². The van der Waals surface area contributed by atoms with Crippen LogP contribution in [0.25, 0.3) is 0 Å². The molecule has 0 aliphatic carbocycles. The Labute approximate surface area is 137 Å². The highest BCUT2D eigenvalue weighted by Gasteiger charge is 2.48. The molecular weight excluding hydrogens is 312 g/mol. The second-order valence-corrected chi connectivity index (χ2v) is 5.80. The summed E-state index contributed by atoms with van der Waals surface area (Å²) in [6.45, 7) is 3.71. The van der Waals surface area contributed by atoms with Crippen molar-refractivity contribution in [2.45, 2.75) is 25.9 Å². The highest BCUT2D eigenvalue weighted by Crippen LogP contribution is 2.41. The van der Waals surface area contributed by atoms with Crippen molar-refractivity contribution in [1.82, 2.24) is 9.97 Å². The van der Waals surface area contributed by atoms with Crippen LogP contribution in [0, 0.1) is 5.92 Å². The number of rotatable bonds is 3. The van der Waals surface area contributed by atoms with E-state index in [1.807, 2.05) is 30.3 Å². The van der Waals surface area contributed by atoms with E-state index in [1.54, 1.807) is 13.8 Å². The zero-order valence-electron chi connectivity index (χ0n) is 13.4. The third-order valence-electron chi connectivity index (χ3n) is 4.31. The zero-order chi connectivity index (χ0) is 17.3. The van der Waals surface area contributed by atoms with E-state index in [-0.39, 0.29) is 24.5 Å². The molecule has 126 valence electrons. The van der Waals surface area contributed by atoms with Crippen molar-refractivity contribution in [3.63, 3.8) is 0 Å². The summed E-state index contributed by atoms with van der Waals surface area (Å²) in [6, 6.07) is 9.20. The van der Waals surface area contributed by atoms with E-state index in [9.17, 15) is 14.4 Å². The molecule has 0 radical (unpaired) electrons. The fourth-order valence-electron chi connectivity index (χ4n) is 3.03. The largest absolute Gasteiger partial charge is 0.466 e. The topological polar surface area (TPSA) is 101 Å². The van der Waals surface area contributed by atoms with Crippen molar-refractivity contribution < 1.29 is 14.3 Å². The maximum absolute atomic E-state index is 12.5. The molecule has 0 spiro atoms. The van der Waals surface area contributed by atoms with Crippen molar-refractivity contribution in [3.05, 3.63) is 62.3 Å². The predicted octanol–water partition coefficient (Wildman–Crippen LogP) is 1.09. The number of carbonyl (C=O) groups is 1. The molecule has 1 aromatic carbocycles. The normalized spacial score (nSPS) is 22.3. The van der Waals surface area contributed by atoms with Crippen LogP contribution >= 0.6 is 0 Å². The lowest BCUT2D eigenvalue weighted by Crippen LogP contribution is -2.49. The maximum atomic E-state index is 12.5. The summed E-state index contributed by atoms with van der Waals surface area (Å²) in [5.41, 5.74) is -1.27. The predicted molar refractivity (Wildman–Crippen MR) is 85.9 cm³/mol. The average molecular weight is 330 g/mol. The second kappa shape index (κ2) is 5.99. The first-order valence-electron chi connectivity index (χ1n) is 7.72. The quantitative estimate of drug-likeness (QED) is 0.821. The average Bonchev–Trinajstić information content (AvgIpc) is 2.55. The molecule has 1 aliphatic heterocycles. The monoisotopic (exact) mass is 330 g/mol. The Kier molecular flexibility index (Phi) is 4.01. The lowest BCUT2D eigenvalue weighted by molar-refractivity contribution is -0.158. The summed E-state index contributed by atoms with van der Waals surface area (Å²) in [6.07, 6.45) is 0.117. The Morgan fingerprint density at radius 3 is 2.67 bits per heavy atom. The first-order valence-corrected chi connectivity index (χ1v) is 7.72. The lowest BCUT2D eigenvalue weighted by Gasteiger charge is -2.40. The molecule has 0 amide bonds. The van der Waals surface area contributed by atoms with Gasteiger partial charge in [-0.25, -0.2) is 4.79 Å². The van der Waals surface area contributed by atoms with E-state index in [0.717, 1.165) is 5.56 Å². The highest BCUT2D eigenvalue weighted by atomic mass is 16.5. The van der Waals surface area contributed by atoms with Crippen LogP contribution in [0.4, 0.5) is 0 Å². The number of hydrogen-bond donors (Lipinski definition) is 2. The third-order valence-corrected chi connectivity index (χ3v) is 4.31. The van der Waals surface area contributed by atoms with Gasteiger partial charge in [0, 0.05) is 6.42 Å². The first kappa shape index (κ1) is 16.0. The molecule has 7 nitrogen and oxygen atoms in total. The molecule has 1 aromatic heterocycles. The molecule has 2 atom stereocenters. The summed E-state index contributed by atoms with van der Waals surface area (Å²) in [5.74, 6) is -1.06. The van der Waals surface area contributed by atoms with E-state index in [4.69, 9.17) is 9.47 Å². The van der Waals surface area contributed by atoms with Crippen molar-refractivity contribution in [2.75, 3.05) is 6.61 Å². The van der Waals surface area contributed by atoms with E-state index >= 15 is 0 Å². The standard InChI is InChI=1S/C17H18N2O5/c1-3-23-15(21)12-9-11-13(20)18-16(22)19-14(11)24-17(12,2)10-7-5-4-6-8-10/h4-8,12H,3,9H2,1-2H3,(H2,18,19,20,22)/t12-,17+/m1/s1. The van der Waals surface area contributed by atoms with Gasteiger partial charge in [0.05, 0.1) is 12.2 Å². The Morgan fingerprint density at radius 2 is 2.00 bits per heavy atom. The molecule has 2 heterocycles. The molecule has 0 bridgehead atoms. The van der Waals surface area contributed by atoms with Crippen LogP contribution in [0.3, 0.4) is 0 Å². The van der Waals surface area contributed by atoms with Gasteiger partial charge in [-0.05, 0) is 19.4 Å². The number of ether oxygens (including phenoxy) is 2. The summed E-state index contributed by atoms with van der Waals surface area (Å²) >= 11 is 0. The van der Waals surface area contributed by atoms with Crippen molar-refractivity contribution in [3.8, 4) is 5.88 Å². The van der Waals surface area contributed by atoms with Crippen molar-refractivity contribution in [1.29, 1.82) is 0 Å². The van der Waals surface area contributed by atoms with Crippen LogP contribution in [0.5, 0.6) is 5.88 Å². The van der Waals surface area contributed by atoms with Crippen molar-refractivity contribution >= 4 is 5.97 Å². The van der Waals surface area contributed by atoms with Crippen molar-refractivity contribution in [2.24, 2.45) is 5.92 Å². The van der Waals surface area contributed by atoms with Crippen LogP contribution in [-0.2, 0) is 21.6 Å². The van der Waals surface area contributed by atoms with Gasteiger partial charge in [0.1, 0.15) is 11.5 Å². The number of benzene rings is 1. The van der Waals surface area contributed by atoms with E-state index in [0.29, 0.717) is 0 Å². The molecule has 2 N–H and O–H groups in total. The maximum Gasteiger partial charge on any atom is 0.328 e. The summed E-state index contributed by atoms with van der Waals surface area (Å²) in [7, 11) is 0. The Balaban J connectivity index is 2.16. The van der Waals surface area contributed by atoms with Gasteiger partial charge in [-0.15, -0.1) is 0 Å². The fraction of sp³-hybridized carbons (Fsp3) is 0.353. The van der Waals surface area contributed by atoms with E-state index in [2.05, 4.69) is 9.97 Å². The van der Waals surface area contributed by atoms with Gasteiger partial charge >= 0.3 is 11.7 Å². The molecule has 0 fully saturated rings. The lowest BCUT2D eigenvalue weighted by atomic mass is 9.77. The fourth-order valence-corrected chi connectivity index (χ4v) is 3.03. The third kappa shape index (κ3) is 2.62. The Morgan fingerprint density at radius 1 is 1.29 bits per heavy atom. The molecule has 7 heteroatoms. The van der Waals surface area contributed by atoms with Crippen LogP contribution < -0.4 is 16.0 Å². The van der Waals surface area contributed by atoms with Gasteiger partial charge in [0.25, 0.3) is 5.56 Å². The Bertz CT molecular complexity index is 871. The number of hydrogen-bond acceptors (Lipinski definition) is 5. The molecule has 0 saturated carbocycles. The smallest absolute Gasteiger partial charge is 0.328 e. The molecule has 3 rings (SSSR count). The van der Waals surface area contributed by atoms with Crippen LogP contribution in [0.15, 0.2) is 39.9 Å². The second-order valence-electron chi connectivity index (χ2n) is 5.80. The highest BCUT2D eigenvalue weighted by molar-refractivity contribution is 5.75. The molecule has 2 aromatic rings. The summed E-state index contributed by atoms with van der Waals surface area (Å²) in [4.78, 5) is 40.7. The molecular formula is C17H18N2O5. The Hall–Kier alpha value is -2.83. The van der Waals surface area contributed by atoms with Gasteiger partial charge in [0.2, 0.25) is 5.88 Å². The van der Waals surface area contributed by atoms with E-state index < -0.39 is 28.7 Å².